The highest BCUT2D eigenvalue weighted by molar-refractivity contribution is 5.32. The summed E-state index contributed by atoms with van der Waals surface area (Å²) in [7, 11) is 0. The maximum Gasteiger partial charge on any atom is 0.203 e. The Morgan fingerprint density at radius 3 is 2.65 bits per heavy atom. The van der Waals surface area contributed by atoms with E-state index in [1.807, 2.05) is 0 Å². The van der Waals surface area contributed by atoms with Gasteiger partial charge in [0.1, 0.15) is 0 Å². The van der Waals surface area contributed by atoms with Gasteiger partial charge >= 0.3 is 0 Å². The van der Waals surface area contributed by atoms with Gasteiger partial charge in [-0.2, -0.15) is 0 Å². The maximum atomic E-state index is 4.58. The molecule has 0 spiro atoms. The summed E-state index contributed by atoms with van der Waals surface area (Å²) < 4.78 is 2.28. The molecule has 1 atom stereocenters. The Bertz CT molecular complexity index is 383. The van der Waals surface area contributed by atoms with Crippen LogP contribution in [0.25, 0.3) is 0 Å². The SMILES string of the molecule is Cc1cn(CC(C)C(C)(C)C)c(NC2CC2)n1. The first kappa shape index (κ1) is 12.5. The number of aromatic nitrogens is 2. The molecule has 3 heteroatoms. The lowest BCUT2D eigenvalue weighted by atomic mass is 9.82. The summed E-state index contributed by atoms with van der Waals surface area (Å²) in [5.41, 5.74) is 1.45. The summed E-state index contributed by atoms with van der Waals surface area (Å²) in [5, 5.41) is 3.51. The van der Waals surface area contributed by atoms with Crippen molar-refractivity contribution in [2.24, 2.45) is 11.3 Å². The second kappa shape index (κ2) is 4.35. The van der Waals surface area contributed by atoms with Crippen LogP contribution in [0.5, 0.6) is 0 Å². The third-order valence-electron chi connectivity index (χ3n) is 3.76. The summed E-state index contributed by atoms with van der Waals surface area (Å²) in [5.74, 6) is 1.69. The first-order chi connectivity index (χ1) is 7.86. The Hall–Kier alpha value is -0.990. The highest BCUT2D eigenvalue weighted by Gasteiger charge is 2.25. The van der Waals surface area contributed by atoms with E-state index in [0.717, 1.165) is 18.2 Å². The van der Waals surface area contributed by atoms with Crippen molar-refractivity contribution in [1.29, 1.82) is 0 Å². The molecule has 0 aliphatic heterocycles. The van der Waals surface area contributed by atoms with Crippen LogP contribution < -0.4 is 5.32 Å². The number of nitrogens with zero attached hydrogens (tertiary/aromatic N) is 2. The zero-order valence-electron chi connectivity index (χ0n) is 11.7. The molecule has 1 fully saturated rings. The van der Waals surface area contributed by atoms with Gasteiger partial charge < -0.3 is 9.88 Å². The summed E-state index contributed by atoms with van der Waals surface area (Å²) in [4.78, 5) is 4.58. The Labute approximate surface area is 105 Å². The molecule has 0 bridgehead atoms. The van der Waals surface area contributed by atoms with Gasteiger partial charge in [-0.15, -0.1) is 0 Å². The Morgan fingerprint density at radius 2 is 2.12 bits per heavy atom. The average molecular weight is 235 g/mol. The van der Waals surface area contributed by atoms with Crippen LogP contribution in [-0.4, -0.2) is 15.6 Å². The number of rotatable bonds is 4. The van der Waals surface area contributed by atoms with Crippen molar-refractivity contribution < 1.29 is 0 Å². The Balaban J connectivity index is 2.08. The standard InChI is InChI=1S/C14H25N3/c1-10(14(3,4)5)8-17-9-11(2)15-13(17)16-12-6-7-12/h9-10,12H,6-8H2,1-5H3,(H,15,16). The number of anilines is 1. The molecule has 1 heterocycles. The van der Waals surface area contributed by atoms with E-state index < -0.39 is 0 Å². The van der Waals surface area contributed by atoms with Gasteiger partial charge in [0, 0.05) is 18.8 Å². The molecule has 0 saturated heterocycles. The van der Waals surface area contributed by atoms with Crippen molar-refractivity contribution in [2.75, 3.05) is 5.32 Å². The van der Waals surface area contributed by atoms with Crippen molar-refractivity contribution in [1.82, 2.24) is 9.55 Å². The molecule has 0 amide bonds. The van der Waals surface area contributed by atoms with Crippen molar-refractivity contribution in [3.63, 3.8) is 0 Å². The molecule has 1 aromatic heterocycles. The molecule has 1 unspecified atom stereocenters. The molecule has 1 N–H and O–H groups in total. The fraction of sp³-hybridized carbons (Fsp3) is 0.786. The Kier molecular flexibility index (Phi) is 3.19. The summed E-state index contributed by atoms with van der Waals surface area (Å²) in [6, 6.07) is 0.667. The zero-order valence-corrected chi connectivity index (χ0v) is 11.7. The van der Waals surface area contributed by atoms with E-state index in [2.05, 4.69) is 55.7 Å². The van der Waals surface area contributed by atoms with Gasteiger partial charge in [-0.1, -0.05) is 27.7 Å². The molecule has 96 valence electrons. The van der Waals surface area contributed by atoms with Crippen LogP contribution in [0.4, 0.5) is 5.95 Å². The Morgan fingerprint density at radius 1 is 1.47 bits per heavy atom. The van der Waals surface area contributed by atoms with Crippen molar-refractivity contribution in [2.45, 2.75) is 60.0 Å². The number of aryl methyl sites for hydroxylation is 1. The highest BCUT2D eigenvalue weighted by Crippen LogP contribution is 2.29. The van der Waals surface area contributed by atoms with Crippen molar-refractivity contribution in [3.8, 4) is 0 Å². The smallest absolute Gasteiger partial charge is 0.203 e. The second-order valence-electron chi connectivity index (χ2n) is 6.54. The van der Waals surface area contributed by atoms with Crippen LogP contribution in [0, 0.1) is 18.3 Å². The van der Waals surface area contributed by atoms with Crippen LogP contribution >= 0.6 is 0 Å². The summed E-state index contributed by atoms with van der Waals surface area (Å²) >= 11 is 0. The van der Waals surface area contributed by atoms with Gasteiger partial charge in [0.2, 0.25) is 5.95 Å². The fourth-order valence-electron chi connectivity index (χ4n) is 1.78. The van der Waals surface area contributed by atoms with E-state index in [0.29, 0.717) is 17.4 Å². The third kappa shape index (κ3) is 3.24. The molecular weight excluding hydrogens is 210 g/mol. The molecule has 1 saturated carbocycles. The van der Waals surface area contributed by atoms with E-state index in [4.69, 9.17) is 0 Å². The molecule has 0 aromatic carbocycles. The molecule has 1 aromatic rings. The van der Waals surface area contributed by atoms with E-state index in [1.54, 1.807) is 0 Å². The minimum Gasteiger partial charge on any atom is -0.353 e. The van der Waals surface area contributed by atoms with Gasteiger partial charge in [0.25, 0.3) is 0 Å². The topological polar surface area (TPSA) is 29.9 Å². The lowest BCUT2D eigenvalue weighted by molar-refractivity contribution is 0.233. The third-order valence-corrected chi connectivity index (χ3v) is 3.76. The zero-order chi connectivity index (χ0) is 12.6. The maximum absolute atomic E-state index is 4.58. The highest BCUT2D eigenvalue weighted by atomic mass is 15.2. The predicted molar refractivity (Wildman–Crippen MR) is 72.2 cm³/mol. The lowest BCUT2D eigenvalue weighted by Gasteiger charge is -2.28. The van der Waals surface area contributed by atoms with Crippen molar-refractivity contribution >= 4 is 5.95 Å². The molecule has 2 rings (SSSR count). The quantitative estimate of drug-likeness (QED) is 0.866. The average Bonchev–Trinajstić information content (AvgIpc) is 2.91. The van der Waals surface area contributed by atoms with Crippen molar-refractivity contribution in [3.05, 3.63) is 11.9 Å². The molecule has 1 aliphatic carbocycles. The van der Waals surface area contributed by atoms with Crippen LogP contribution in [0.1, 0.15) is 46.2 Å². The van der Waals surface area contributed by atoms with Crippen LogP contribution in [0.2, 0.25) is 0 Å². The normalized spacial score (nSPS) is 18.2. The van der Waals surface area contributed by atoms with E-state index in [-0.39, 0.29) is 0 Å². The van der Waals surface area contributed by atoms with Gasteiger partial charge in [-0.25, -0.2) is 4.98 Å². The molecule has 0 radical (unpaired) electrons. The molecule has 17 heavy (non-hydrogen) atoms. The monoisotopic (exact) mass is 235 g/mol. The van der Waals surface area contributed by atoms with E-state index in [1.165, 1.54) is 12.8 Å². The minimum atomic E-state index is 0.342. The fourth-order valence-corrected chi connectivity index (χ4v) is 1.78. The molecule has 3 nitrogen and oxygen atoms in total. The summed E-state index contributed by atoms with van der Waals surface area (Å²) in [6.45, 7) is 12.3. The van der Waals surface area contributed by atoms with Gasteiger partial charge in [-0.3, -0.25) is 0 Å². The van der Waals surface area contributed by atoms with Gasteiger partial charge in [-0.05, 0) is 31.1 Å². The largest absolute Gasteiger partial charge is 0.353 e. The van der Waals surface area contributed by atoms with Crippen LogP contribution in [0.15, 0.2) is 6.20 Å². The lowest BCUT2D eigenvalue weighted by Crippen LogP contribution is -2.23. The number of nitrogens with one attached hydrogen (secondary N) is 1. The number of hydrogen-bond acceptors (Lipinski definition) is 2. The first-order valence-electron chi connectivity index (χ1n) is 6.66. The number of imidazole rings is 1. The first-order valence-corrected chi connectivity index (χ1v) is 6.66. The van der Waals surface area contributed by atoms with E-state index in [9.17, 15) is 0 Å². The van der Waals surface area contributed by atoms with Gasteiger partial charge in [0.05, 0.1) is 5.69 Å². The summed E-state index contributed by atoms with van der Waals surface area (Å²) in [6.07, 6.45) is 4.74. The second-order valence-corrected chi connectivity index (χ2v) is 6.54. The van der Waals surface area contributed by atoms with Crippen LogP contribution in [0.3, 0.4) is 0 Å². The number of hydrogen-bond donors (Lipinski definition) is 1. The molecule has 1 aliphatic rings. The predicted octanol–water partition coefficient (Wildman–Crippen LogP) is 3.45. The minimum absolute atomic E-state index is 0.342. The van der Waals surface area contributed by atoms with Gasteiger partial charge in [0.15, 0.2) is 0 Å². The van der Waals surface area contributed by atoms with Crippen LogP contribution in [-0.2, 0) is 6.54 Å². The molecular formula is C14H25N3. The van der Waals surface area contributed by atoms with E-state index >= 15 is 0 Å².